The van der Waals surface area contributed by atoms with Crippen molar-refractivity contribution in [2.24, 2.45) is 0 Å². The second-order valence-corrected chi connectivity index (χ2v) is 6.43. The molecule has 0 aliphatic heterocycles. The Morgan fingerprint density at radius 3 is 2.47 bits per heavy atom. The van der Waals surface area contributed by atoms with E-state index in [2.05, 4.69) is 0 Å². The molecule has 5 nitrogen and oxygen atoms in total. The molecule has 0 saturated carbocycles. The van der Waals surface area contributed by atoms with E-state index in [4.69, 9.17) is 23.2 Å². The highest BCUT2D eigenvalue weighted by Gasteiger charge is 2.26. The van der Waals surface area contributed by atoms with E-state index in [-0.39, 0.29) is 21.5 Å². The molecular weight excluding hydrogens is 289 g/mol. The lowest BCUT2D eigenvalue weighted by Crippen LogP contribution is -2.19. The van der Waals surface area contributed by atoms with Crippen LogP contribution in [0.25, 0.3) is 0 Å². The van der Waals surface area contributed by atoms with Crippen LogP contribution >= 0.6 is 23.2 Å². The summed E-state index contributed by atoms with van der Waals surface area (Å²) in [6, 6.07) is 3.23. The Hall–Kier alpha value is -0.850. The Bertz CT molecular complexity index is 544. The van der Waals surface area contributed by atoms with Gasteiger partial charge in [-0.05, 0) is 13.0 Å². The summed E-state index contributed by atoms with van der Waals surface area (Å²) in [6.07, 6.45) is 0. The molecule has 17 heavy (non-hydrogen) atoms. The molecule has 0 heterocycles. The molecule has 8 heteroatoms. The molecular formula is C9H9Cl2NO4S. The number of non-ortho nitro benzene ring substituents is 1. The normalized spacial score (nSPS) is 13.4. The maximum atomic E-state index is 11.9. The maximum absolute atomic E-state index is 11.9. The molecule has 0 amide bonds. The SMILES string of the molecule is CC(CCl)S(=O)(=O)c1ccc([N+](=O)[O-])cc1Cl. The van der Waals surface area contributed by atoms with E-state index >= 15 is 0 Å². The van der Waals surface area contributed by atoms with Crippen LogP contribution in [0.15, 0.2) is 23.1 Å². The number of hydrogen-bond acceptors (Lipinski definition) is 4. The van der Waals surface area contributed by atoms with Gasteiger partial charge in [0.15, 0.2) is 9.84 Å². The second-order valence-electron chi connectivity index (χ2n) is 3.38. The second kappa shape index (κ2) is 5.20. The summed E-state index contributed by atoms with van der Waals surface area (Å²) in [5, 5.41) is 9.51. The van der Waals surface area contributed by atoms with Gasteiger partial charge < -0.3 is 0 Å². The largest absolute Gasteiger partial charge is 0.271 e. The Kier molecular flexibility index (Phi) is 4.35. The van der Waals surface area contributed by atoms with Crippen LogP contribution in [0.4, 0.5) is 5.69 Å². The molecule has 94 valence electrons. The molecule has 1 aromatic rings. The van der Waals surface area contributed by atoms with Crippen molar-refractivity contribution in [1.82, 2.24) is 0 Å². The lowest BCUT2D eigenvalue weighted by Gasteiger charge is -2.10. The number of benzene rings is 1. The molecule has 0 bridgehead atoms. The first kappa shape index (κ1) is 14.2. The van der Waals surface area contributed by atoms with Crippen LogP contribution < -0.4 is 0 Å². The molecule has 0 spiro atoms. The zero-order valence-electron chi connectivity index (χ0n) is 8.76. The number of nitrogens with zero attached hydrogens (tertiary/aromatic N) is 1. The highest BCUT2D eigenvalue weighted by molar-refractivity contribution is 7.92. The van der Waals surface area contributed by atoms with Crippen LogP contribution in [0, 0.1) is 10.1 Å². The van der Waals surface area contributed by atoms with Gasteiger partial charge in [0.25, 0.3) is 5.69 Å². The van der Waals surface area contributed by atoms with Crippen molar-refractivity contribution in [1.29, 1.82) is 0 Å². The molecule has 1 aromatic carbocycles. The fraction of sp³-hybridized carbons (Fsp3) is 0.333. The number of halogens is 2. The van der Waals surface area contributed by atoms with Gasteiger partial charge in [-0.2, -0.15) is 0 Å². The number of hydrogen-bond donors (Lipinski definition) is 0. The van der Waals surface area contributed by atoms with E-state index < -0.39 is 20.0 Å². The molecule has 0 aromatic heterocycles. The predicted molar refractivity (Wildman–Crippen MR) is 65.5 cm³/mol. The summed E-state index contributed by atoms with van der Waals surface area (Å²) < 4.78 is 23.9. The zero-order valence-corrected chi connectivity index (χ0v) is 11.1. The van der Waals surface area contributed by atoms with Gasteiger partial charge in [-0.15, -0.1) is 11.6 Å². The molecule has 0 aliphatic rings. The smallest absolute Gasteiger partial charge is 0.258 e. The Morgan fingerprint density at radius 1 is 1.47 bits per heavy atom. The summed E-state index contributed by atoms with van der Waals surface area (Å²) in [7, 11) is -3.65. The summed E-state index contributed by atoms with van der Waals surface area (Å²) in [5.74, 6) is -0.0738. The van der Waals surface area contributed by atoms with E-state index in [1.54, 1.807) is 0 Å². The van der Waals surface area contributed by atoms with Gasteiger partial charge in [0.1, 0.15) is 0 Å². The van der Waals surface area contributed by atoms with Crippen LogP contribution in [-0.4, -0.2) is 24.5 Å². The Morgan fingerprint density at radius 2 is 2.06 bits per heavy atom. The molecule has 0 saturated heterocycles. The zero-order chi connectivity index (χ0) is 13.2. The molecule has 1 unspecified atom stereocenters. The maximum Gasteiger partial charge on any atom is 0.271 e. The van der Waals surface area contributed by atoms with Gasteiger partial charge in [-0.1, -0.05) is 11.6 Å². The number of nitro groups is 1. The molecule has 0 N–H and O–H groups in total. The standard InChI is InChI=1S/C9H9Cl2NO4S/c1-6(5-10)17(15,16)9-3-2-7(12(13)14)4-8(9)11/h2-4,6H,5H2,1H3. The Labute approximate surface area is 108 Å². The first-order valence-electron chi connectivity index (χ1n) is 4.54. The van der Waals surface area contributed by atoms with Gasteiger partial charge in [0, 0.05) is 18.0 Å². The number of alkyl halides is 1. The average molecular weight is 298 g/mol. The predicted octanol–water partition coefficient (Wildman–Crippen LogP) is 2.65. The van der Waals surface area contributed by atoms with Gasteiger partial charge in [-0.25, -0.2) is 8.42 Å². The van der Waals surface area contributed by atoms with E-state index in [1.807, 2.05) is 0 Å². The van der Waals surface area contributed by atoms with E-state index in [9.17, 15) is 18.5 Å². The van der Waals surface area contributed by atoms with Crippen LogP contribution in [0.2, 0.25) is 5.02 Å². The highest BCUT2D eigenvalue weighted by atomic mass is 35.5. The summed E-state index contributed by atoms with van der Waals surface area (Å²) >= 11 is 11.2. The fourth-order valence-corrected chi connectivity index (χ4v) is 3.32. The van der Waals surface area contributed by atoms with Crippen molar-refractivity contribution in [2.75, 3.05) is 5.88 Å². The molecule has 0 aliphatic carbocycles. The van der Waals surface area contributed by atoms with Crippen molar-refractivity contribution >= 4 is 38.7 Å². The van der Waals surface area contributed by atoms with Gasteiger partial charge in [0.2, 0.25) is 0 Å². The molecule has 1 atom stereocenters. The Balaban J connectivity index is 3.31. The topological polar surface area (TPSA) is 77.3 Å². The minimum absolute atomic E-state index is 0.0738. The van der Waals surface area contributed by atoms with Crippen LogP contribution in [0.1, 0.15) is 6.92 Å². The fourth-order valence-electron chi connectivity index (χ4n) is 1.13. The molecule has 1 rings (SSSR count). The third-order valence-electron chi connectivity index (χ3n) is 2.18. The van der Waals surface area contributed by atoms with Gasteiger partial charge >= 0.3 is 0 Å². The minimum Gasteiger partial charge on any atom is -0.258 e. The van der Waals surface area contributed by atoms with Crippen LogP contribution in [-0.2, 0) is 9.84 Å². The number of rotatable bonds is 4. The van der Waals surface area contributed by atoms with Gasteiger partial charge in [-0.3, -0.25) is 10.1 Å². The quantitative estimate of drug-likeness (QED) is 0.486. The third-order valence-corrected chi connectivity index (χ3v) is 5.45. The number of sulfone groups is 1. The van der Waals surface area contributed by atoms with Crippen molar-refractivity contribution in [3.63, 3.8) is 0 Å². The van der Waals surface area contributed by atoms with Crippen molar-refractivity contribution in [2.45, 2.75) is 17.1 Å². The van der Waals surface area contributed by atoms with Crippen molar-refractivity contribution < 1.29 is 13.3 Å². The lowest BCUT2D eigenvalue weighted by molar-refractivity contribution is -0.384. The molecule has 0 fully saturated rings. The van der Waals surface area contributed by atoms with E-state index in [0.717, 1.165) is 18.2 Å². The highest BCUT2D eigenvalue weighted by Crippen LogP contribution is 2.28. The van der Waals surface area contributed by atoms with Crippen molar-refractivity contribution in [3.05, 3.63) is 33.3 Å². The average Bonchev–Trinajstić information content (AvgIpc) is 2.27. The first-order valence-corrected chi connectivity index (χ1v) is 7.00. The van der Waals surface area contributed by atoms with Crippen LogP contribution in [0.3, 0.4) is 0 Å². The summed E-state index contributed by atoms with van der Waals surface area (Å²) in [4.78, 5) is 9.69. The lowest BCUT2D eigenvalue weighted by atomic mass is 10.3. The van der Waals surface area contributed by atoms with E-state index in [0.29, 0.717) is 0 Å². The monoisotopic (exact) mass is 297 g/mol. The van der Waals surface area contributed by atoms with Gasteiger partial charge in [0.05, 0.1) is 20.1 Å². The minimum atomic E-state index is -3.65. The first-order chi connectivity index (χ1) is 7.80. The van der Waals surface area contributed by atoms with Crippen LogP contribution in [0.5, 0.6) is 0 Å². The third kappa shape index (κ3) is 2.88. The molecule has 0 radical (unpaired) electrons. The number of nitro benzene ring substituents is 1. The summed E-state index contributed by atoms with van der Waals surface area (Å²) in [5.41, 5.74) is -0.257. The van der Waals surface area contributed by atoms with E-state index in [1.165, 1.54) is 6.92 Å². The van der Waals surface area contributed by atoms with Crippen molar-refractivity contribution in [3.8, 4) is 0 Å². The summed E-state index contributed by atoms with van der Waals surface area (Å²) in [6.45, 7) is 1.44.